The fourth-order valence-electron chi connectivity index (χ4n) is 2.66. The van der Waals surface area contributed by atoms with Crippen LogP contribution >= 0.6 is 0 Å². The van der Waals surface area contributed by atoms with Gasteiger partial charge in [-0.3, -0.25) is 0 Å². The molecule has 114 valence electrons. The monoisotopic (exact) mass is 297 g/mol. The van der Waals surface area contributed by atoms with Gasteiger partial charge in [-0.15, -0.1) is 0 Å². The number of nitrogens with zero attached hydrogens (tertiary/aromatic N) is 2. The second-order valence-corrected chi connectivity index (χ2v) is 5.05. The topological polar surface area (TPSA) is 61.8 Å². The summed E-state index contributed by atoms with van der Waals surface area (Å²) in [6.07, 6.45) is 2.00. The number of rotatable bonds is 4. The van der Waals surface area contributed by atoms with E-state index < -0.39 is 0 Å². The zero-order chi connectivity index (χ0) is 15.7. The summed E-state index contributed by atoms with van der Waals surface area (Å²) in [6, 6.07) is 9.80. The molecule has 0 amide bonds. The van der Waals surface area contributed by atoms with Crippen molar-refractivity contribution < 1.29 is 9.47 Å². The van der Waals surface area contributed by atoms with Crippen molar-refractivity contribution >= 4 is 5.65 Å². The van der Waals surface area contributed by atoms with Crippen molar-refractivity contribution in [1.82, 2.24) is 9.38 Å². The molecule has 0 saturated heterocycles. The SMILES string of the molecule is COc1ccc(-c2nc3c(CN)cccn3c2C)cc1OC. The first-order chi connectivity index (χ1) is 10.7. The maximum atomic E-state index is 5.81. The number of nitrogens with two attached hydrogens (primary N) is 1. The molecule has 3 rings (SSSR count). The quantitative estimate of drug-likeness (QED) is 0.804. The van der Waals surface area contributed by atoms with Crippen LogP contribution in [-0.2, 0) is 6.54 Å². The molecule has 0 bridgehead atoms. The Labute approximate surface area is 129 Å². The molecule has 0 saturated carbocycles. The third-order valence-electron chi connectivity index (χ3n) is 3.85. The van der Waals surface area contributed by atoms with Gasteiger partial charge in [0.25, 0.3) is 0 Å². The van der Waals surface area contributed by atoms with E-state index in [-0.39, 0.29) is 0 Å². The molecule has 5 nitrogen and oxygen atoms in total. The van der Waals surface area contributed by atoms with Gasteiger partial charge in [0.05, 0.1) is 19.9 Å². The van der Waals surface area contributed by atoms with E-state index in [1.54, 1.807) is 14.2 Å². The van der Waals surface area contributed by atoms with Gasteiger partial charge in [-0.05, 0) is 31.2 Å². The number of fused-ring (bicyclic) bond motifs is 1. The Morgan fingerprint density at radius 1 is 1.14 bits per heavy atom. The highest BCUT2D eigenvalue weighted by atomic mass is 16.5. The van der Waals surface area contributed by atoms with Gasteiger partial charge in [-0.1, -0.05) is 6.07 Å². The second-order valence-electron chi connectivity index (χ2n) is 5.05. The molecule has 0 radical (unpaired) electrons. The first kappa shape index (κ1) is 14.4. The average Bonchev–Trinajstić information content (AvgIpc) is 2.91. The fourth-order valence-corrected chi connectivity index (χ4v) is 2.66. The number of hydrogen-bond donors (Lipinski definition) is 1. The highest BCUT2D eigenvalue weighted by Crippen LogP contribution is 2.33. The minimum Gasteiger partial charge on any atom is -0.493 e. The number of hydrogen-bond acceptors (Lipinski definition) is 4. The summed E-state index contributed by atoms with van der Waals surface area (Å²) < 4.78 is 12.7. The smallest absolute Gasteiger partial charge is 0.161 e. The van der Waals surface area contributed by atoms with Crippen LogP contribution in [0.2, 0.25) is 0 Å². The average molecular weight is 297 g/mol. The van der Waals surface area contributed by atoms with Crippen LogP contribution in [0.3, 0.4) is 0 Å². The van der Waals surface area contributed by atoms with Crippen LogP contribution in [0, 0.1) is 6.92 Å². The summed E-state index contributed by atoms with van der Waals surface area (Å²) in [7, 11) is 3.26. The van der Waals surface area contributed by atoms with Crippen molar-refractivity contribution in [2.45, 2.75) is 13.5 Å². The fraction of sp³-hybridized carbons (Fsp3) is 0.235. The maximum Gasteiger partial charge on any atom is 0.161 e. The summed E-state index contributed by atoms with van der Waals surface area (Å²) in [5.41, 5.74) is 10.7. The first-order valence-corrected chi connectivity index (χ1v) is 7.08. The lowest BCUT2D eigenvalue weighted by molar-refractivity contribution is 0.355. The van der Waals surface area contributed by atoms with Crippen molar-refractivity contribution in [1.29, 1.82) is 0 Å². The van der Waals surface area contributed by atoms with Crippen molar-refractivity contribution in [3.63, 3.8) is 0 Å². The molecule has 2 aromatic heterocycles. The van der Waals surface area contributed by atoms with Crippen molar-refractivity contribution in [2.24, 2.45) is 5.73 Å². The Hall–Kier alpha value is -2.53. The van der Waals surface area contributed by atoms with Gasteiger partial charge < -0.3 is 19.6 Å². The number of aromatic nitrogens is 2. The summed E-state index contributed by atoms with van der Waals surface area (Å²) >= 11 is 0. The molecule has 0 aliphatic carbocycles. The Bertz CT molecular complexity index is 824. The molecule has 5 heteroatoms. The zero-order valence-electron chi connectivity index (χ0n) is 13.0. The molecule has 0 unspecified atom stereocenters. The first-order valence-electron chi connectivity index (χ1n) is 7.08. The van der Waals surface area contributed by atoms with Crippen LogP contribution in [0.15, 0.2) is 36.5 Å². The molecule has 1 aromatic carbocycles. The van der Waals surface area contributed by atoms with E-state index in [9.17, 15) is 0 Å². The molecular formula is C17H19N3O2. The molecule has 2 heterocycles. The van der Waals surface area contributed by atoms with Crippen molar-refractivity contribution in [3.05, 3.63) is 47.8 Å². The van der Waals surface area contributed by atoms with Gasteiger partial charge in [0.15, 0.2) is 11.5 Å². The van der Waals surface area contributed by atoms with Gasteiger partial charge in [0.1, 0.15) is 5.65 Å². The molecule has 0 aliphatic rings. The van der Waals surface area contributed by atoms with Crippen LogP contribution in [0.5, 0.6) is 11.5 Å². The predicted molar refractivity (Wildman–Crippen MR) is 86.4 cm³/mol. The summed E-state index contributed by atoms with van der Waals surface area (Å²) in [5.74, 6) is 1.39. The minimum atomic E-state index is 0.464. The number of benzene rings is 1. The molecular weight excluding hydrogens is 278 g/mol. The highest BCUT2D eigenvalue weighted by Gasteiger charge is 2.14. The third kappa shape index (κ3) is 2.19. The molecule has 3 aromatic rings. The van der Waals surface area contributed by atoms with Crippen molar-refractivity contribution in [2.75, 3.05) is 14.2 Å². The molecule has 0 fully saturated rings. The van der Waals surface area contributed by atoms with Crippen LogP contribution in [0.4, 0.5) is 0 Å². The second kappa shape index (κ2) is 5.69. The van der Waals surface area contributed by atoms with Gasteiger partial charge in [-0.2, -0.15) is 0 Å². The molecule has 0 atom stereocenters. The van der Waals surface area contributed by atoms with E-state index in [0.717, 1.165) is 28.2 Å². The van der Waals surface area contributed by atoms with E-state index in [4.69, 9.17) is 20.2 Å². The minimum absolute atomic E-state index is 0.464. The van der Waals surface area contributed by atoms with E-state index in [1.165, 1.54) is 0 Å². The van der Waals surface area contributed by atoms with Crippen molar-refractivity contribution in [3.8, 4) is 22.8 Å². The van der Waals surface area contributed by atoms with Gasteiger partial charge in [-0.25, -0.2) is 4.98 Å². The lowest BCUT2D eigenvalue weighted by atomic mass is 10.1. The van der Waals surface area contributed by atoms with Crippen LogP contribution in [0.1, 0.15) is 11.3 Å². The summed E-state index contributed by atoms with van der Waals surface area (Å²) in [6.45, 7) is 2.51. The molecule has 0 spiro atoms. The van der Waals surface area contributed by atoms with Crippen LogP contribution in [-0.4, -0.2) is 23.6 Å². The predicted octanol–water partition coefficient (Wildman–Crippen LogP) is 2.79. The Morgan fingerprint density at radius 2 is 1.91 bits per heavy atom. The summed E-state index contributed by atoms with van der Waals surface area (Å²) in [4.78, 5) is 4.77. The lowest BCUT2D eigenvalue weighted by Crippen LogP contribution is -1.99. The van der Waals surface area contributed by atoms with E-state index in [0.29, 0.717) is 18.0 Å². The highest BCUT2D eigenvalue weighted by molar-refractivity contribution is 5.70. The Balaban J connectivity index is 2.20. The largest absolute Gasteiger partial charge is 0.493 e. The van der Waals surface area contributed by atoms with Gasteiger partial charge in [0, 0.05) is 29.6 Å². The molecule has 22 heavy (non-hydrogen) atoms. The number of imidazole rings is 1. The van der Waals surface area contributed by atoms with Gasteiger partial charge in [0.2, 0.25) is 0 Å². The number of methoxy groups -OCH3 is 2. The van der Waals surface area contributed by atoms with E-state index in [1.807, 2.05) is 43.5 Å². The zero-order valence-corrected chi connectivity index (χ0v) is 13.0. The van der Waals surface area contributed by atoms with Crippen LogP contribution in [0.25, 0.3) is 16.9 Å². The number of ether oxygens (including phenoxy) is 2. The maximum absolute atomic E-state index is 5.81. The normalized spacial score (nSPS) is 10.9. The number of aryl methyl sites for hydroxylation is 1. The van der Waals surface area contributed by atoms with Gasteiger partial charge >= 0.3 is 0 Å². The molecule has 0 aliphatic heterocycles. The third-order valence-corrected chi connectivity index (χ3v) is 3.85. The molecule has 2 N–H and O–H groups in total. The van der Waals surface area contributed by atoms with Crippen LogP contribution < -0.4 is 15.2 Å². The standard InChI is InChI=1S/C17H19N3O2/c1-11-16(12-6-7-14(21-2)15(9-12)22-3)19-17-13(10-18)5-4-8-20(11)17/h4-9H,10,18H2,1-3H3. The number of pyridine rings is 1. The Morgan fingerprint density at radius 3 is 2.59 bits per heavy atom. The van der Waals surface area contributed by atoms with E-state index in [2.05, 4.69) is 4.40 Å². The Kier molecular flexibility index (Phi) is 3.73. The summed E-state index contributed by atoms with van der Waals surface area (Å²) in [5, 5.41) is 0. The van der Waals surface area contributed by atoms with E-state index >= 15 is 0 Å². The lowest BCUT2D eigenvalue weighted by Gasteiger charge is -2.08.